The Morgan fingerprint density at radius 1 is 1.22 bits per heavy atom. The van der Waals surface area contributed by atoms with Crippen LogP contribution in [0.2, 0.25) is 0 Å². The first kappa shape index (κ1) is 12.8. The van der Waals surface area contributed by atoms with E-state index in [4.69, 9.17) is 10.2 Å². The van der Waals surface area contributed by atoms with Crippen molar-refractivity contribution in [1.82, 2.24) is 9.88 Å². The zero-order chi connectivity index (χ0) is 12.8. The second kappa shape index (κ2) is 6.33. The molecule has 0 amide bonds. The molecule has 4 heteroatoms. The fourth-order valence-corrected chi connectivity index (χ4v) is 1.81. The fraction of sp³-hybridized carbons (Fsp3) is 0.357. The quantitative estimate of drug-likeness (QED) is 0.843. The molecule has 2 rings (SSSR count). The maximum absolute atomic E-state index is 5.57. The molecule has 0 atom stereocenters. The predicted octanol–water partition coefficient (Wildman–Crippen LogP) is 1.81. The molecule has 0 spiro atoms. The maximum Gasteiger partial charge on any atom is 0.118 e. The minimum absolute atomic E-state index is 0.456. The summed E-state index contributed by atoms with van der Waals surface area (Å²) in [6.07, 6.45) is 2.77. The summed E-state index contributed by atoms with van der Waals surface area (Å²) in [6, 6.07) is 9.92. The van der Waals surface area contributed by atoms with E-state index < -0.39 is 0 Å². The molecule has 0 saturated carbocycles. The SMILES string of the molecule is CN(CCc1ccccn1)Cc1ccc(CN)o1. The Hall–Kier alpha value is -1.65. The lowest BCUT2D eigenvalue weighted by Gasteiger charge is -2.14. The zero-order valence-corrected chi connectivity index (χ0v) is 10.7. The average Bonchev–Trinajstić information content (AvgIpc) is 2.85. The topological polar surface area (TPSA) is 55.3 Å². The molecule has 0 saturated heterocycles. The molecule has 0 aliphatic rings. The Morgan fingerprint density at radius 3 is 2.72 bits per heavy atom. The van der Waals surface area contributed by atoms with Crippen LogP contribution in [0, 0.1) is 0 Å². The molecule has 0 aliphatic heterocycles. The van der Waals surface area contributed by atoms with Gasteiger partial charge in [0.05, 0.1) is 13.1 Å². The number of hydrogen-bond acceptors (Lipinski definition) is 4. The van der Waals surface area contributed by atoms with Crippen LogP contribution in [0.1, 0.15) is 17.2 Å². The van der Waals surface area contributed by atoms with Crippen molar-refractivity contribution in [3.63, 3.8) is 0 Å². The van der Waals surface area contributed by atoms with Crippen molar-refractivity contribution < 1.29 is 4.42 Å². The minimum Gasteiger partial charge on any atom is -0.463 e. The van der Waals surface area contributed by atoms with Gasteiger partial charge in [0.15, 0.2) is 0 Å². The summed E-state index contributed by atoms with van der Waals surface area (Å²) >= 11 is 0. The van der Waals surface area contributed by atoms with Crippen molar-refractivity contribution >= 4 is 0 Å². The molecule has 96 valence electrons. The van der Waals surface area contributed by atoms with Gasteiger partial charge in [-0.05, 0) is 31.3 Å². The van der Waals surface area contributed by atoms with Crippen molar-refractivity contribution in [3.05, 3.63) is 53.7 Å². The van der Waals surface area contributed by atoms with Crippen LogP contribution in [0.5, 0.6) is 0 Å². The van der Waals surface area contributed by atoms with Crippen LogP contribution in [0.3, 0.4) is 0 Å². The Bertz CT molecular complexity index is 467. The summed E-state index contributed by atoms with van der Waals surface area (Å²) in [5.41, 5.74) is 6.63. The molecule has 18 heavy (non-hydrogen) atoms. The third kappa shape index (κ3) is 3.68. The smallest absolute Gasteiger partial charge is 0.118 e. The third-order valence-electron chi connectivity index (χ3n) is 2.82. The fourth-order valence-electron chi connectivity index (χ4n) is 1.81. The van der Waals surface area contributed by atoms with E-state index in [0.29, 0.717) is 6.54 Å². The first-order valence-electron chi connectivity index (χ1n) is 6.14. The van der Waals surface area contributed by atoms with Gasteiger partial charge in [-0.3, -0.25) is 9.88 Å². The van der Waals surface area contributed by atoms with Gasteiger partial charge >= 0.3 is 0 Å². The highest BCUT2D eigenvalue weighted by Gasteiger charge is 2.05. The number of rotatable bonds is 6. The highest BCUT2D eigenvalue weighted by molar-refractivity contribution is 5.07. The van der Waals surface area contributed by atoms with E-state index in [1.165, 1.54) is 0 Å². The van der Waals surface area contributed by atoms with Crippen LogP contribution in [0.25, 0.3) is 0 Å². The van der Waals surface area contributed by atoms with Crippen LogP contribution in [-0.2, 0) is 19.5 Å². The van der Waals surface area contributed by atoms with Crippen molar-refractivity contribution in [2.45, 2.75) is 19.5 Å². The number of nitrogens with zero attached hydrogens (tertiary/aromatic N) is 2. The first-order valence-corrected chi connectivity index (χ1v) is 6.14. The van der Waals surface area contributed by atoms with Gasteiger partial charge in [-0.1, -0.05) is 6.07 Å². The van der Waals surface area contributed by atoms with Gasteiger partial charge in [0.1, 0.15) is 11.5 Å². The van der Waals surface area contributed by atoms with Crippen LogP contribution in [0.15, 0.2) is 40.9 Å². The lowest BCUT2D eigenvalue weighted by molar-refractivity contribution is 0.293. The average molecular weight is 245 g/mol. The maximum atomic E-state index is 5.57. The Kier molecular flexibility index (Phi) is 4.50. The van der Waals surface area contributed by atoms with E-state index in [0.717, 1.165) is 36.7 Å². The van der Waals surface area contributed by atoms with Crippen LogP contribution >= 0.6 is 0 Å². The molecule has 0 aliphatic carbocycles. The molecule has 0 fully saturated rings. The number of likely N-dealkylation sites (N-methyl/N-ethyl adjacent to an activating group) is 1. The molecule has 0 unspecified atom stereocenters. The molecule has 2 heterocycles. The van der Waals surface area contributed by atoms with E-state index in [2.05, 4.69) is 16.9 Å². The second-order valence-corrected chi connectivity index (χ2v) is 4.38. The first-order chi connectivity index (χ1) is 8.78. The molecule has 0 radical (unpaired) electrons. The number of aromatic nitrogens is 1. The zero-order valence-electron chi connectivity index (χ0n) is 10.7. The van der Waals surface area contributed by atoms with E-state index >= 15 is 0 Å². The molecule has 2 aromatic heterocycles. The highest BCUT2D eigenvalue weighted by atomic mass is 16.3. The van der Waals surface area contributed by atoms with Crippen LogP contribution in [-0.4, -0.2) is 23.5 Å². The van der Waals surface area contributed by atoms with Gasteiger partial charge in [-0.15, -0.1) is 0 Å². The molecular formula is C14H19N3O. The minimum atomic E-state index is 0.456. The Balaban J connectivity index is 1.80. The standard InChI is InChI=1S/C14H19N3O/c1-17(9-7-12-4-2-3-8-16-12)11-14-6-5-13(10-15)18-14/h2-6,8H,7,9-11,15H2,1H3. The van der Waals surface area contributed by atoms with Crippen molar-refractivity contribution in [1.29, 1.82) is 0 Å². The van der Waals surface area contributed by atoms with E-state index in [-0.39, 0.29) is 0 Å². The summed E-state index contributed by atoms with van der Waals surface area (Å²) in [6.45, 7) is 2.21. The molecule has 0 aromatic carbocycles. The van der Waals surface area contributed by atoms with Crippen LogP contribution < -0.4 is 5.73 Å². The van der Waals surface area contributed by atoms with Crippen molar-refractivity contribution in [3.8, 4) is 0 Å². The van der Waals surface area contributed by atoms with E-state index in [1.54, 1.807) is 0 Å². The summed E-state index contributed by atoms with van der Waals surface area (Å²) < 4.78 is 5.57. The van der Waals surface area contributed by atoms with Gasteiger partial charge in [0.2, 0.25) is 0 Å². The van der Waals surface area contributed by atoms with E-state index in [9.17, 15) is 0 Å². The lowest BCUT2D eigenvalue weighted by atomic mass is 10.2. The second-order valence-electron chi connectivity index (χ2n) is 4.38. The van der Waals surface area contributed by atoms with Crippen molar-refractivity contribution in [2.24, 2.45) is 5.73 Å². The Labute approximate surface area is 107 Å². The molecule has 2 aromatic rings. The molecule has 4 nitrogen and oxygen atoms in total. The summed E-state index contributed by atoms with van der Waals surface area (Å²) in [4.78, 5) is 6.52. The summed E-state index contributed by atoms with van der Waals surface area (Å²) in [5, 5.41) is 0. The number of hydrogen-bond donors (Lipinski definition) is 1. The number of nitrogens with two attached hydrogens (primary N) is 1. The van der Waals surface area contributed by atoms with E-state index in [1.807, 2.05) is 36.5 Å². The van der Waals surface area contributed by atoms with Gasteiger partial charge in [-0.2, -0.15) is 0 Å². The van der Waals surface area contributed by atoms with Crippen molar-refractivity contribution in [2.75, 3.05) is 13.6 Å². The Morgan fingerprint density at radius 2 is 2.06 bits per heavy atom. The molecule has 0 bridgehead atoms. The van der Waals surface area contributed by atoms with Gasteiger partial charge in [0.25, 0.3) is 0 Å². The summed E-state index contributed by atoms with van der Waals surface area (Å²) in [5.74, 6) is 1.79. The summed E-state index contributed by atoms with van der Waals surface area (Å²) in [7, 11) is 2.08. The monoisotopic (exact) mass is 245 g/mol. The van der Waals surface area contributed by atoms with Gasteiger partial charge in [0, 0.05) is 24.9 Å². The van der Waals surface area contributed by atoms with Crippen LogP contribution in [0.4, 0.5) is 0 Å². The normalized spacial score (nSPS) is 11.1. The van der Waals surface area contributed by atoms with Gasteiger partial charge in [-0.25, -0.2) is 0 Å². The van der Waals surface area contributed by atoms with Gasteiger partial charge < -0.3 is 10.2 Å². The number of pyridine rings is 1. The predicted molar refractivity (Wildman–Crippen MR) is 70.9 cm³/mol. The molecule has 2 N–H and O–H groups in total. The molecular weight excluding hydrogens is 226 g/mol. The lowest BCUT2D eigenvalue weighted by Crippen LogP contribution is -2.20. The third-order valence-corrected chi connectivity index (χ3v) is 2.82. The highest BCUT2D eigenvalue weighted by Crippen LogP contribution is 2.09. The number of furan rings is 1. The largest absolute Gasteiger partial charge is 0.463 e.